The zero-order valence-electron chi connectivity index (χ0n) is 12.6. The quantitative estimate of drug-likeness (QED) is 0.919. The normalized spacial score (nSPS) is 23.0. The third-order valence-electron chi connectivity index (χ3n) is 4.21. The van der Waals surface area contributed by atoms with E-state index in [1.165, 1.54) is 25.6 Å². The minimum atomic E-state index is -3.66. The molecule has 1 saturated carbocycles. The maximum atomic E-state index is 12.4. The van der Waals surface area contributed by atoms with Gasteiger partial charge in [-0.1, -0.05) is 19.8 Å². The van der Waals surface area contributed by atoms with Gasteiger partial charge in [-0.2, -0.15) is 0 Å². The first-order chi connectivity index (χ1) is 9.86. The summed E-state index contributed by atoms with van der Waals surface area (Å²) in [5.74, 6) is 0.235. The molecule has 0 saturated heterocycles. The van der Waals surface area contributed by atoms with Crippen LogP contribution < -0.4 is 4.72 Å². The van der Waals surface area contributed by atoms with E-state index < -0.39 is 10.0 Å². The Balaban J connectivity index is 2.16. The summed E-state index contributed by atoms with van der Waals surface area (Å²) >= 11 is 0. The zero-order chi connectivity index (χ0) is 15.6. The van der Waals surface area contributed by atoms with Crippen molar-refractivity contribution in [3.05, 3.63) is 17.9 Å². The molecule has 118 valence electrons. The molecule has 0 radical (unpaired) electrons. The molecule has 0 aromatic carbocycles. The third-order valence-corrected chi connectivity index (χ3v) is 5.50. The summed E-state index contributed by atoms with van der Waals surface area (Å²) in [7, 11) is -0.605. The van der Waals surface area contributed by atoms with Gasteiger partial charge in [0.1, 0.15) is 0 Å². The van der Waals surface area contributed by atoms with Crippen molar-refractivity contribution in [1.29, 1.82) is 0 Å². The molecule has 1 heterocycles. The highest BCUT2D eigenvalue weighted by atomic mass is 32.2. The van der Waals surface area contributed by atoms with Crippen LogP contribution in [-0.4, -0.2) is 39.4 Å². The predicted octanol–water partition coefficient (Wildman–Crippen LogP) is 1.84. The Morgan fingerprint density at radius 3 is 2.62 bits per heavy atom. The molecular weight excluding hydrogens is 292 g/mol. The number of carbonyl (C=O) groups excluding carboxylic acids is 1. The molecule has 1 aliphatic carbocycles. The van der Waals surface area contributed by atoms with E-state index in [1.807, 2.05) is 0 Å². The van der Waals surface area contributed by atoms with E-state index in [4.69, 9.17) is 4.42 Å². The first-order valence-corrected chi connectivity index (χ1v) is 8.65. The summed E-state index contributed by atoms with van der Waals surface area (Å²) in [5, 5.41) is -0.238. The van der Waals surface area contributed by atoms with Gasteiger partial charge in [-0.15, -0.1) is 0 Å². The van der Waals surface area contributed by atoms with Crippen LogP contribution in [0.3, 0.4) is 0 Å². The van der Waals surface area contributed by atoms with Crippen LogP contribution in [0.4, 0.5) is 0 Å². The number of nitrogens with one attached hydrogen (secondary N) is 1. The lowest BCUT2D eigenvalue weighted by Gasteiger charge is -2.35. The fourth-order valence-electron chi connectivity index (χ4n) is 2.88. The molecule has 1 aromatic heterocycles. The van der Waals surface area contributed by atoms with Crippen molar-refractivity contribution in [2.24, 2.45) is 5.92 Å². The Morgan fingerprint density at radius 1 is 1.33 bits per heavy atom. The molecule has 0 bridgehead atoms. The second kappa shape index (κ2) is 6.19. The van der Waals surface area contributed by atoms with E-state index >= 15 is 0 Å². The maximum absolute atomic E-state index is 12.4. The molecule has 1 amide bonds. The Bertz CT molecular complexity index is 608. The molecule has 1 aromatic rings. The van der Waals surface area contributed by atoms with Gasteiger partial charge in [0.25, 0.3) is 15.9 Å². The van der Waals surface area contributed by atoms with Gasteiger partial charge in [-0.3, -0.25) is 4.79 Å². The Kier molecular flexibility index (Phi) is 4.73. The van der Waals surface area contributed by atoms with E-state index in [1.54, 1.807) is 11.9 Å². The van der Waals surface area contributed by atoms with Gasteiger partial charge in [-0.25, -0.2) is 13.1 Å². The zero-order valence-corrected chi connectivity index (χ0v) is 13.4. The number of nitrogens with zero attached hydrogens (tertiary/aromatic N) is 1. The van der Waals surface area contributed by atoms with Crippen molar-refractivity contribution in [3.63, 3.8) is 0 Å². The number of sulfonamides is 1. The van der Waals surface area contributed by atoms with Crippen molar-refractivity contribution in [2.75, 3.05) is 14.1 Å². The summed E-state index contributed by atoms with van der Waals surface area (Å²) in [6, 6.07) is 2.90. The fraction of sp³-hybridized carbons (Fsp3) is 0.643. The lowest BCUT2D eigenvalue weighted by Crippen LogP contribution is -2.42. The van der Waals surface area contributed by atoms with Gasteiger partial charge >= 0.3 is 0 Å². The SMILES string of the molecule is CNS(=O)(=O)c1ccc(C(=O)N(C)C2CCCCC2C)o1. The van der Waals surface area contributed by atoms with Crippen LogP contribution in [0.2, 0.25) is 0 Å². The molecule has 1 aliphatic rings. The molecule has 2 unspecified atom stereocenters. The molecule has 1 N–H and O–H groups in total. The van der Waals surface area contributed by atoms with Crippen molar-refractivity contribution in [1.82, 2.24) is 9.62 Å². The molecule has 21 heavy (non-hydrogen) atoms. The lowest BCUT2D eigenvalue weighted by molar-refractivity contribution is 0.0592. The van der Waals surface area contributed by atoms with E-state index in [-0.39, 0.29) is 22.8 Å². The van der Waals surface area contributed by atoms with E-state index in [2.05, 4.69) is 11.6 Å². The smallest absolute Gasteiger partial charge is 0.289 e. The topological polar surface area (TPSA) is 79.6 Å². The van der Waals surface area contributed by atoms with Crippen LogP contribution >= 0.6 is 0 Å². The Hall–Kier alpha value is -1.34. The van der Waals surface area contributed by atoms with Gasteiger partial charge < -0.3 is 9.32 Å². The Morgan fingerprint density at radius 2 is 2.00 bits per heavy atom. The molecule has 2 rings (SSSR count). The van der Waals surface area contributed by atoms with Crippen LogP contribution in [-0.2, 0) is 10.0 Å². The molecule has 6 nitrogen and oxygen atoms in total. The number of amides is 1. The van der Waals surface area contributed by atoms with Crippen LogP contribution in [0.15, 0.2) is 21.6 Å². The van der Waals surface area contributed by atoms with Gasteiger partial charge in [0.15, 0.2) is 5.76 Å². The first-order valence-electron chi connectivity index (χ1n) is 7.17. The van der Waals surface area contributed by atoms with Crippen molar-refractivity contribution in [2.45, 2.75) is 43.7 Å². The van der Waals surface area contributed by atoms with Crippen LogP contribution in [0.1, 0.15) is 43.2 Å². The summed E-state index contributed by atoms with van der Waals surface area (Å²) in [6.07, 6.45) is 4.40. The highest BCUT2D eigenvalue weighted by Gasteiger charge is 2.30. The molecule has 2 atom stereocenters. The first kappa shape index (κ1) is 16.0. The van der Waals surface area contributed by atoms with Gasteiger partial charge in [0.2, 0.25) is 5.09 Å². The number of carbonyl (C=O) groups is 1. The second-order valence-electron chi connectivity index (χ2n) is 5.57. The van der Waals surface area contributed by atoms with Crippen LogP contribution in [0, 0.1) is 5.92 Å². The largest absolute Gasteiger partial charge is 0.438 e. The number of hydrogen-bond acceptors (Lipinski definition) is 4. The van der Waals surface area contributed by atoms with Crippen LogP contribution in [0.5, 0.6) is 0 Å². The minimum Gasteiger partial charge on any atom is -0.438 e. The van der Waals surface area contributed by atoms with Crippen LogP contribution in [0.25, 0.3) is 0 Å². The number of rotatable bonds is 4. The standard InChI is InChI=1S/C14H22N2O4S/c1-10-6-4-5-7-11(10)16(3)14(17)12-8-9-13(20-12)21(18,19)15-2/h8-11,15H,4-7H2,1-3H3. The van der Waals surface area contributed by atoms with Gasteiger partial charge in [-0.05, 0) is 37.9 Å². The molecule has 0 spiro atoms. The third kappa shape index (κ3) is 3.29. The van der Waals surface area contributed by atoms with Crippen molar-refractivity contribution >= 4 is 15.9 Å². The molecule has 7 heteroatoms. The van der Waals surface area contributed by atoms with E-state index in [9.17, 15) is 13.2 Å². The van der Waals surface area contributed by atoms with Crippen molar-refractivity contribution < 1.29 is 17.6 Å². The monoisotopic (exact) mass is 314 g/mol. The maximum Gasteiger partial charge on any atom is 0.289 e. The van der Waals surface area contributed by atoms with Crippen molar-refractivity contribution in [3.8, 4) is 0 Å². The number of furan rings is 1. The summed E-state index contributed by atoms with van der Waals surface area (Å²) in [4.78, 5) is 14.1. The molecule has 0 aliphatic heterocycles. The summed E-state index contributed by atoms with van der Waals surface area (Å²) in [5.41, 5.74) is 0. The molecular formula is C14H22N2O4S. The highest BCUT2D eigenvalue weighted by Crippen LogP contribution is 2.28. The van der Waals surface area contributed by atoms with Gasteiger partial charge in [0.05, 0.1) is 0 Å². The summed E-state index contributed by atoms with van der Waals surface area (Å²) in [6.45, 7) is 2.15. The second-order valence-corrected chi connectivity index (χ2v) is 7.39. The van der Waals surface area contributed by atoms with E-state index in [0.717, 1.165) is 19.3 Å². The average Bonchev–Trinajstić information content (AvgIpc) is 2.97. The van der Waals surface area contributed by atoms with Gasteiger partial charge in [0, 0.05) is 13.1 Å². The lowest BCUT2D eigenvalue weighted by atomic mass is 9.85. The van der Waals surface area contributed by atoms with E-state index in [0.29, 0.717) is 5.92 Å². The number of hydrogen-bond donors (Lipinski definition) is 1. The molecule has 1 fully saturated rings. The minimum absolute atomic E-state index is 0.0594. The fourth-order valence-corrected chi connectivity index (χ4v) is 3.52. The Labute approximate surface area is 125 Å². The average molecular weight is 314 g/mol. The highest BCUT2D eigenvalue weighted by molar-refractivity contribution is 7.89. The predicted molar refractivity (Wildman–Crippen MR) is 78.5 cm³/mol. The summed E-state index contributed by atoms with van der Waals surface area (Å²) < 4.78 is 30.6.